The summed E-state index contributed by atoms with van der Waals surface area (Å²) in [6, 6.07) is 5.88. The number of hydrogen-bond acceptors (Lipinski definition) is 5. The molecular weight excluding hydrogens is 252 g/mol. The number of benzene rings is 1. The normalized spacial score (nSPS) is 10.1. The van der Waals surface area contributed by atoms with Crippen LogP contribution in [-0.2, 0) is 0 Å². The molecule has 1 amide bonds. The summed E-state index contributed by atoms with van der Waals surface area (Å²) >= 11 is 0. The van der Waals surface area contributed by atoms with Crippen LogP contribution < -0.4 is 16.2 Å². The number of furan rings is 1. The first kappa shape index (κ1) is 12.5. The third-order valence-corrected chi connectivity index (χ3v) is 2.37. The summed E-state index contributed by atoms with van der Waals surface area (Å²) in [5.74, 6) is -1.43. The zero-order chi connectivity index (χ0) is 14.0. The average molecular weight is 262 g/mol. The minimum absolute atomic E-state index is 0.0661. The smallest absolute Gasteiger partial charge is 0.409 e. The number of carbonyl (C=O) groups excluding carboxylic acids is 1. The van der Waals surface area contributed by atoms with E-state index in [1.54, 1.807) is 6.07 Å². The molecule has 1 aromatic carbocycles. The lowest BCUT2D eigenvalue weighted by atomic mass is 10.0. The fourth-order valence-corrected chi connectivity index (χ4v) is 1.64. The summed E-state index contributed by atoms with van der Waals surface area (Å²) in [4.78, 5) is 21.8. The Labute approximate surface area is 107 Å². The second kappa shape index (κ2) is 4.73. The fraction of sp³-hybridized carbons (Fsp3) is 0. The van der Waals surface area contributed by atoms with Gasteiger partial charge in [-0.25, -0.2) is 9.59 Å². The van der Waals surface area contributed by atoms with Crippen LogP contribution in [0.1, 0.15) is 10.6 Å². The Bertz CT molecular complexity index is 647. The van der Waals surface area contributed by atoms with E-state index in [9.17, 15) is 9.59 Å². The molecular formula is C12H10N2O5. The van der Waals surface area contributed by atoms with Crippen molar-refractivity contribution in [1.82, 2.24) is 0 Å². The second-order valence-electron chi connectivity index (χ2n) is 3.65. The molecule has 0 unspecified atom stereocenters. The summed E-state index contributed by atoms with van der Waals surface area (Å²) in [6.45, 7) is 0. The monoisotopic (exact) mass is 262 g/mol. The van der Waals surface area contributed by atoms with Gasteiger partial charge < -0.3 is 25.7 Å². The van der Waals surface area contributed by atoms with Gasteiger partial charge in [-0.05, 0) is 18.2 Å². The van der Waals surface area contributed by atoms with Crippen LogP contribution in [0.5, 0.6) is 5.75 Å². The quantitative estimate of drug-likeness (QED) is 0.721. The van der Waals surface area contributed by atoms with Crippen molar-refractivity contribution in [2.24, 2.45) is 5.73 Å². The average Bonchev–Trinajstić information content (AvgIpc) is 2.77. The molecule has 1 heterocycles. The molecule has 0 spiro atoms. The summed E-state index contributed by atoms with van der Waals surface area (Å²) in [6.07, 6.45) is 0.204. The first-order valence-corrected chi connectivity index (χ1v) is 5.17. The highest BCUT2D eigenvalue weighted by Crippen LogP contribution is 2.34. The molecule has 5 N–H and O–H groups in total. The Morgan fingerprint density at radius 2 is 1.95 bits per heavy atom. The standard InChI is InChI=1S/C12H10N2O5/c13-6-1-2-7(9(5-6)19-12(14)17)8-3-4-18-10(8)11(15)16/h1-5H,13H2,(H2,14,17)(H,15,16). The Hall–Kier alpha value is -2.96. The van der Waals surface area contributed by atoms with E-state index in [1.165, 1.54) is 24.5 Å². The van der Waals surface area contributed by atoms with Gasteiger partial charge in [0.25, 0.3) is 0 Å². The lowest BCUT2D eigenvalue weighted by Crippen LogP contribution is -2.16. The number of nitrogen functional groups attached to an aromatic ring is 1. The van der Waals surface area contributed by atoms with Crippen LogP contribution >= 0.6 is 0 Å². The number of aromatic carboxylic acids is 1. The Balaban J connectivity index is 2.58. The topological polar surface area (TPSA) is 129 Å². The van der Waals surface area contributed by atoms with Gasteiger partial charge in [0.1, 0.15) is 5.75 Å². The highest BCUT2D eigenvalue weighted by molar-refractivity contribution is 5.94. The summed E-state index contributed by atoms with van der Waals surface area (Å²) in [7, 11) is 0. The molecule has 7 heteroatoms. The van der Waals surface area contributed by atoms with Crippen molar-refractivity contribution in [2.45, 2.75) is 0 Å². The van der Waals surface area contributed by atoms with Gasteiger partial charge in [-0.2, -0.15) is 0 Å². The van der Waals surface area contributed by atoms with Crippen LogP contribution in [0.2, 0.25) is 0 Å². The molecule has 1 aromatic heterocycles. The molecule has 0 saturated heterocycles. The lowest BCUT2D eigenvalue weighted by Gasteiger charge is -2.08. The Morgan fingerprint density at radius 1 is 1.21 bits per heavy atom. The van der Waals surface area contributed by atoms with E-state index in [0.717, 1.165) is 0 Å². The van der Waals surface area contributed by atoms with Crippen LogP contribution in [-0.4, -0.2) is 17.2 Å². The molecule has 7 nitrogen and oxygen atoms in total. The van der Waals surface area contributed by atoms with Gasteiger partial charge >= 0.3 is 12.1 Å². The van der Waals surface area contributed by atoms with Gasteiger partial charge in [-0.1, -0.05) is 0 Å². The predicted molar refractivity (Wildman–Crippen MR) is 65.7 cm³/mol. The number of carboxylic acids is 1. The van der Waals surface area contributed by atoms with Gasteiger partial charge in [0, 0.05) is 22.9 Å². The molecule has 0 radical (unpaired) electrons. The SMILES string of the molecule is NC(=O)Oc1cc(N)ccc1-c1ccoc1C(=O)O. The van der Waals surface area contributed by atoms with Crippen molar-refractivity contribution >= 4 is 17.7 Å². The number of anilines is 1. The van der Waals surface area contributed by atoms with Gasteiger partial charge in [-0.15, -0.1) is 0 Å². The van der Waals surface area contributed by atoms with E-state index < -0.39 is 12.1 Å². The molecule has 2 rings (SSSR count). The van der Waals surface area contributed by atoms with Gasteiger partial charge in [0.15, 0.2) is 0 Å². The largest absolute Gasteiger partial charge is 0.475 e. The van der Waals surface area contributed by atoms with Crippen molar-refractivity contribution < 1.29 is 23.8 Å². The highest BCUT2D eigenvalue weighted by atomic mass is 16.5. The maximum absolute atomic E-state index is 11.0. The number of carboxylic acid groups (broad SMARTS) is 1. The molecule has 0 bridgehead atoms. The van der Waals surface area contributed by atoms with Crippen molar-refractivity contribution in [2.75, 3.05) is 5.73 Å². The van der Waals surface area contributed by atoms with E-state index in [1.807, 2.05) is 0 Å². The third-order valence-electron chi connectivity index (χ3n) is 2.37. The summed E-state index contributed by atoms with van der Waals surface area (Å²) in [5, 5.41) is 8.99. The maximum atomic E-state index is 11.0. The zero-order valence-corrected chi connectivity index (χ0v) is 9.62. The molecule has 0 aliphatic rings. The predicted octanol–water partition coefficient (Wildman–Crippen LogP) is 1.68. The van der Waals surface area contributed by atoms with Crippen LogP contribution in [0.4, 0.5) is 10.5 Å². The molecule has 0 aliphatic carbocycles. The summed E-state index contributed by atoms with van der Waals surface area (Å²) in [5.41, 5.74) is 11.5. The minimum atomic E-state index is -1.23. The van der Waals surface area contributed by atoms with E-state index in [0.29, 0.717) is 11.3 Å². The van der Waals surface area contributed by atoms with Crippen LogP contribution in [0.3, 0.4) is 0 Å². The molecule has 0 aliphatic heterocycles. The molecule has 0 atom stereocenters. The fourth-order valence-electron chi connectivity index (χ4n) is 1.64. The van der Waals surface area contributed by atoms with Crippen molar-refractivity contribution in [3.8, 4) is 16.9 Å². The van der Waals surface area contributed by atoms with Gasteiger partial charge in [-0.3, -0.25) is 0 Å². The van der Waals surface area contributed by atoms with Crippen molar-refractivity contribution in [1.29, 1.82) is 0 Å². The van der Waals surface area contributed by atoms with Gasteiger partial charge in [0.05, 0.1) is 6.26 Å². The van der Waals surface area contributed by atoms with Crippen LogP contribution in [0, 0.1) is 0 Å². The van der Waals surface area contributed by atoms with Crippen molar-refractivity contribution in [3.63, 3.8) is 0 Å². The second-order valence-corrected chi connectivity index (χ2v) is 3.65. The number of hydrogen-bond donors (Lipinski definition) is 3. The van der Waals surface area contributed by atoms with Crippen LogP contribution in [0.15, 0.2) is 34.9 Å². The van der Waals surface area contributed by atoms with Gasteiger partial charge in [0.2, 0.25) is 5.76 Å². The zero-order valence-electron chi connectivity index (χ0n) is 9.62. The lowest BCUT2D eigenvalue weighted by molar-refractivity contribution is 0.0663. The minimum Gasteiger partial charge on any atom is -0.475 e. The Kier molecular flexibility index (Phi) is 3.11. The first-order chi connectivity index (χ1) is 8.99. The maximum Gasteiger partial charge on any atom is 0.409 e. The first-order valence-electron chi connectivity index (χ1n) is 5.17. The number of amides is 1. The van der Waals surface area contributed by atoms with Crippen LogP contribution in [0.25, 0.3) is 11.1 Å². The van der Waals surface area contributed by atoms with E-state index in [4.69, 9.17) is 25.7 Å². The van der Waals surface area contributed by atoms with E-state index in [2.05, 4.69) is 0 Å². The number of primary amides is 1. The molecule has 98 valence electrons. The van der Waals surface area contributed by atoms with Crippen molar-refractivity contribution in [3.05, 3.63) is 36.3 Å². The number of ether oxygens (including phenoxy) is 1. The number of carbonyl (C=O) groups is 2. The summed E-state index contributed by atoms with van der Waals surface area (Å²) < 4.78 is 9.68. The number of rotatable bonds is 3. The molecule has 19 heavy (non-hydrogen) atoms. The van der Waals surface area contributed by atoms with E-state index in [-0.39, 0.29) is 17.1 Å². The third kappa shape index (κ3) is 2.49. The molecule has 0 saturated carbocycles. The number of nitrogens with two attached hydrogens (primary N) is 2. The van der Waals surface area contributed by atoms with E-state index >= 15 is 0 Å². The molecule has 2 aromatic rings. The Morgan fingerprint density at radius 3 is 2.58 bits per heavy atom. The highest BCUT2D eigenvalue weighted by Gasteiger charge is 2.19. The molecule has 0 fully saturated rings.